The van der Waals surface area contributed by atoms with Crippen LogP contribution in [0.4, 0.5) is 0 Å². The van der Waals surface area contributed by atoms with Crippen molar-refractivity contribution in [3.8, 4) is 146 Å². The van der Waals surface area contributed by atoms with E-state index in [0.717, 1.165) is 133 Å². The average Bonchev–Trinajstić information content (AvgIpc) is 1.55. The molecule has 0 saturated heterocycles. The van der Waals surface area contributed by atoms with E-state index < -0.39 is 0 Å². The maximum atomic E-state index is 5.44. The zero-order valence-electron chi connectivity index (χ0n) is 60.1. The molecule has 0 aliphatic carbocycles. The molecule has 0 atom stereocenters. The summed E-state index contributed by atoms with van der Waals surface area (Å²) in [6, 6.07) is 126. The second kappa shape index (κ2) is 27.2. The van der Waals surface area contributed by atoms with Gasteiger partial charge in [-0.2, -0.15) is 0 Å². The highest BCUT2D eigenvalue weighted by atomic mass is 15.1. The van der Waals surface area contributed by atoms with Crippen molar-refractivity contribution in [2.45, 2.75) is 27.7 Å². The highest BCUT2D eigenvalue weighted by Gasteiger charge is 2.24. The highest BCUT2D eigenvalue weighted by molar-refractivity contribution is 6.14. The van der Waals surface area contributed by atoms with Gasteiger partial charge in [-0.05, 0) is 202 Å². The Morgan fingerprint density at radius 3 is 0.824 bits per heavy atom. The molecule has 0 unspecified atom stereocenters. The Morgan fingerprint density at radius 2 is 0.454 bits per heavy atom. The minimum Gasteiger partial charge on any atom is -0.309 e. The third-order valence-electron chi connectivity index (χ3n) is 21.2. The number of nitrogens with zero attached hydrogens (tertiary/aromatic N) is 8. The third kappa shape index (κ3) is 11.9. The van der Waals surface area contributed by atoms with Gasteiger partial charge in [-0.1, -0.05) is 261 Å². The van der Waals surface area contributed by atoms with Gasteiger partial charge in [0.15, 0.2) is 34.9 Å². The zero-order valence-corrected chi connectivity index (χ0v) is 60.1. The molecule has 0 aliphatic rings. The monoisotopic (exact) mass is 1380 g/mol. The van der Waals surface area contributed by atoms with Crippen LogP contribution in [0.25, 0.3) is 190 Å². The Labute approximate surface area is 627 Å². The van der Waals surface area contributed by atoms with Gasteiger partial charge in [-0.25, -0.2) is 29.9 Å². The Kier molecular flexibility index (Phi) is 16.3. The first-order valence-corrected chi connectivity index (χ1v) is 36.7. The van der Waals surface area contributed by atoms with E-state index in [2.05, 4.69) is 316 Å². The molecule has 8 nitrogen and oxygen atoms in total. The lowest BCUT2D eigenvalue weighted by atomic mass is 9.95. The summed E-state index contributed by atoms with van der Waals surface area (Å²) >= 11 is 0. The van der Waals surface area contributed by atoms with Crippen molar-refractivity contribution in [1.82, 2.24) is 39.0 Å². The van der Waals surface area contributed by atoms with E-state index in [9.17, 15) is 0 Å². The molecule has 108 heavy (non-hydrogen) atoms. The number of aromatic nitrogens is 8. The van der Waals surface area contributed by atoms with E-state index in [1.54, 1.807) is 0 Å². The lowest BCUT2D eigenvalue weighted by Gasteiger charge is -2.18. The number of aryl methyl sites for hydroxylation is 4. The van der Waals surface area contributed by atoms with Crippen LogP contribution in [-0.4, -0.2) is 39.0 Å². The van der Waals surface area contributed by atoms with Crippen molar-refractivity contribution in [2.24, 2.45) is 0 Å². The van der Waals surface area contributed by atoms with Gasteiger partial charge in [-0.15, -0.1) is 0 Å². The molecule has 4 aromatic heterocycles. The topological polar surface area (TPSA) is 87.2 Å². The zero-order chi connectivity index (χ0) is 72.3. The Hall–Kier alpha value is -14.1. The second-order valence-corrected chi connectivity index (χ2v) is 28.0. The first-order valence-electron chi connectivity index (χ1n) is 36.7. The predicted molar refractivity (Wildman–Crippen MR) is 446 cm³/mol. The first kappa shape index (κ1) is 64.7. The second-order valence-electron chi connectivity index (χ2n) is 28.0. The van der Waals surface area contributed by atoms with Gasteiger partial charge in [0.2, 0.25) is 0 Å². The van der Waals surface area contributed by atoms with Gasteiger partial charge in [0, 0.05) is 66.2 Å². The van der Waals surface area contributed by atoms with Gasteiger partial charge in [0.05, 0.1) is 27.8 Å². The van der Waals surface area contributed by atoms with Gasteiger partial charge < -0.3 is 9.13 Å². The van der Waals surface area contributed by atoms with Gasteiger partial charge in [-0.3, -0.25) is 0 Å². The SMILES string of the molecule is Cc1ccccc1-c1ccc2c(c1)c1cc(-c3ccccc3C)ccc1n2-c1cc(-c2cccc(-c3cc(-c4nc(-c5ccccc5)nc(-c5ccccc5)n4)ccc3-n3c4ccc(-c5ccccc5C)cc4c4cc(-c5ccccc5C)ccc43)c2)cc(-c2nc(-c3ccccc3)nc(-c3ccccc3)n2)c1. The van der Waals surface area contributed by atoms with E-state index in [4.69, 9.17) is 29.9 Å². The maximum Gasteiger partial charge on any atom is 0.164 e. The Balaban J connectivity index is 0.869. The van der Waals surface area contributed by atoms with E-state index in [0.29, 0.717) is 34.9 Å². The molecule has 0 spiro atoms. The van der Waals surface area contributed by atoms with Crippen LogP contribution in [0, 0.1) is 27.7 Å². The van der Waals surface area contributed by atoms with Crippen molar-refractivity contribution in [3.63, 3.8) is 0 Å². The molecular weight excluding hydrogens is 1310 g/mol. The minimum absolute atomic E-state index is 0.547. The summed E-state index contributed by atoms with van der Waals surface area (Å²) in [6.45, 7) is 8.78. The van der Waals surface area contributed by atoms with Crippen molar-refractivity contribution in [2.75, 3.05) is 0 Å². The molecule has 510 valence electrons. The van der Waals surface area contributed by atoms with Crippen LogP contribution in [-0.2, 0) is 0 Å². The molecule has 0 N–H and O–H groups in total. The summed E-state index contributed by atoms with van der Waals surface area (Å²) < 4.78 is 4.90. The molecule has 0 fully saturated rings. The lowest BCUT2D eigenvalue weighted by Crippen LogP contribution is -2.02. The number of fused-ring (bicyclic) bond motifs is 6. The lowest BCUT2D eigenvalue weighted by molar-refractivity contribution is 1.07. The summed E-state index contributed by atoms with van der Waals surface area (Å²) in [5.74, 6) is 3.45. The number of hydrogen-bond donors (Lipinski definition) is 0. The molecule has 0 amide bonds. The molecule has 0 radical (unpaired) electrons. The summed E-state index contributed by atoms with van der Waals surface area (Å²) in [6.07, 6.45) is 0. The summed E-state index contributed by atoms with van der Waals surface area (Å²) in [5.41, 5.74) is 29.7. The quantitative estimate of drug-likeness (QED) is 0.108. The number of benzene rings is 15. The number of hydrogen-bond acceptors (Lipinski definition) is 6. The molecule has 4 heterocycles. The molecule has 0 saturated carbocycles. The Morgan fingerprint density at radius 1 is 0.176 bits per heavy atom. The molecule has 19 rings (SSSR count). The van der Waals surface area contributed by atoms with Crippen LogP contribution < -0.4 is 0 Å². The van der Waals surface area contributed by atoms with Crippen molar-refractivity contribution in [3.05, 3.63) is 374 Å². The average molecular weight is 1380 g/mol. The fourth-order valence-corrected chi connectivity index (χ4v) is 15.7. The van der Waals surface area contributed by atoms with Crippen LogP contribution in [0.2, 0.25) is 0 Å². The summed E-state index contributed by atoms with van der Waals surface area (Å²) in [5, 5.41) is 4.60. The van der Waals surface area contributed by atoms with Crippen LogP contribution in [0.1, 0.15) is 22.3 Å². The molecule has 0 aliphatic heterocycles. The molecule has 0 bridgehead atoms. The first-order chi connectivity index (χ1) is 53.2. The molecule has 8 heteroatoms. The van der Waals surface area contributed by atoms with Crippen LogP contribution in [0.3, 0.4) is 0 Å². The largest absolute Gasteiger partial charge is 0.309 e. The molecule has 19 aromatic rings. The van der Waals surface area contributed by atoms with E-state index >= 15 is 0 Å². The molecular formula is C100H70N8. The summed E-state index contributed by atoms with van der Waals surface area (Å²) in [7, 11) is 0. The van der Waals surface area contributed by atoms with E-state index in [1.807, 2.05) is 72.8 Å². The van der Waals surface area contributed by atoms with E-state index in [1.165, 1.54) is 44.5 Å². The maximum absolute atomic E-state index is 5.44. The van der Waals surface area contributed by atoms with Crippen molar-refractivity contribution in [1.29, 1.82) is 0 Å². The highest BCUT2D eigenvalue weighted by Crippen LogP contribution is 2.45. The molecule has 15 aromatic carbocycles. The van der Waals surface area contributed by atoms with Gasteiger partial charge >= 0.3 is 0 Å². The Bertz CT molecular complexity index is 6390. The third-order valence-corrected chi connectivity index (χ3v) is 21.2. The normalized spacial score (nSPS) is 11.5. The van der Waals surface area contributed by atoms with Gasteiger partial charge in [0.1, 0.15) is 0 Å². The van der Waals surface area contributed by atoms with Crippen molar-refractivity contribution < 1.29 is 0 Å². The fourth-order valence-electron chi connectivity index (χ4n) is 15.7. The van der Waals surface area contributed by atoms with Crippen LogP contribution >= 0.6 is 0 Å². The smallest absolute Gasteiger partial charge is 0.164 e. The number of rotatable bonds is 14. The van der Waals surface area contributed by atoms with Crippen molar-refractivity contribution >= 4 is 43.6 Å². The fraction of sp³-hybridized carbons (Fsp3) is 0.0400. The van der Waals surface area contributed by atoms with Crippen LogP contribution in [0.15, 0.2) is 352 Å². The van der Waals surface area contributed by atoms with Gasteiger partial charge in [0.25, 0.3) is 0 Å². The van der Waals surface area contributed by atoms with E-state index in [-0.39, 0.29) is 0 Å². The minimum atomic E-state index is 0.547. The standard InChI is InChI=1S/C100H70N8/c1-63-26-17-21-40-81(63)73-44-49-91-86(58-73)87-59-74(82-41-22-18-27-64(82)2)45-50-92(87)107(91)80-56-78(55-79(57-80)100-105-97(69-34-13-7-14-35-69)102-98(106-100)70-36-15-8-16-37-70)71-38-25-39-72(54-71)85-62-77(99-103-95(67-30-9-5-10-31-67)101-96(104-99)68-32-11-6-12-33-68)48-53-90(85)108-93-51-46-75(83-42-23-19-28-65(83)3)60-88(93)89-61-76(47-52-94(89)108)84-43-24-20-29-66(84)4/h5-62H,1-4H3. The predicted octanol–water partition coefficient (Wildman–Crippen LogP) is 25.5. The van der Waals surface area contributed by atoms with Crippen LogP contribution in [0.5, 0.6) is 0 Å². The summed E-state index contributed by atoms with van der Waals surface area (Å²) in [4.78, 5) is 31.9.